The third kappa shape index (κ3) is 3.96. The Labute approximate surface area is 90.2 Å². The number of hydrogen-bond donors (Lipinski definition) is 1. The lowest BCUT2D eigenvalue weighted by Crippen LogP contribution is -2.14. The molecule has 0 aliphatic carbocycles. The predicted octanol–water partition coefficient (Wildman–Crippen LogP) is 3.20. The Morgan fingerprint density at radius 3 is 2.56 bits per heavy atom. The van der Waals surface area contributed by atoms with Gasteiger partial charge >= 0.3 is 6.18 Å². The summed E-state index contributed by atoms with van der Waals surface area (Å²) < 4.78 is 53.2. The average molecular weight is 237 g/mol. The molecule has 0 aliphatic heterocycles. The molecular formula is C10H11F4NO. The number of alkyl halides is 3. The highest BCUT2D eigenvalue weighted by molar-refractivity contribution is 5.48. The van der Waals surface area contributed by atoms with Crippen molar-refractivity contribution in [2.75, 3.05) is 19.0 Å². The lowest BCUT2D eigenvalue weighted by atomic mass is 10.3. The van der Waals surface area contributed by atoms with Gasteiger partial charge in [-0.15, -0.1) is 0 Å². The van der Waals surface area contributed by atoms with E-state index in [1.54, 1.807) is 0 Å². The van der Waals surface area contributed by atoms with Crippen LogP contribution in [0.3, 0.4) is 0 Å². The van der Waals surface area contributed by atoms with Crippen molar-refractivity contribution in [1.29, 1.82) is 0 Å². The third-order valence-corrected chi connectivity index (χ3v) is 1.89. The van der Waals surface area contributed by atoms with E-state index >= 15 is 0 Å². The van der Waals surface area contributed by atoms with Gasteiger partial charge in [0.2, 0.25) is 0 Å². The number of ether oxygens (including phenoxy) is 1. The van der Waals surface area contributed by atoms with Crippen molar-refractivity contribution >= 4 is 5.69 Å². The van der Waals surface area contributed by atoms with Gasteiger partial charge in [0.05, 0.1) is 13.5 Å². The molecule has 0 saturated carbocycles. The van der Waals surface area contributed by atoms with E-state index < -0.39 is 18.4 Å². The fourth-order valence-electron chi connectivity index (χ4n) is 1.12. The van der Waals surface area contributed by atoms with E-state index in [0.29, 0.717) is 5.69 Å². The van der Waals surface area contributed by atoms with E-state index in [4.69, 9.17) is 4.74 Å². The summed E-state index contributed by atoms with van der Waals surface area (Å²) in [7, 11) is 1.29. The Kier molecular flexibility index (Phi) is 3.98. The van der Waals surface area contributed by atoms with Gasteiger partial charge in [0.15, 0.2) is 11.6 Å². The maximum Gasteiger partial charge on any atom is 0.390 e. The highest BCUT2D eigenvalue weighted by atomic mass is 19.4. The molecule has 0 spiro atoms. The standard InChI is InChI=1S/C10H11F4NO/c1-16-9-6-7(2-3-8(9)11)15-5-4-10(12,13)14/h2-3,6,15H,4-5H2,1H3. The van der Waals surface area contributed by atoms with Crippen LogP contribution in [0.2, 0.25) is 0 Å². The Morgan fingerprint density at radius 2 is 2.00 bits per heavy atom. The van der Waals surface area contributed by atoms with Gasteiger partial charge in [0.25, 0.3) is 0 Å². The maximum absolute atomic E-state index is 12.9. The predicted molar refractivity (Wildman–Crippen MR) is 52.1 cm³/mol. The van der Waals surface area contributed by atoms with Crippen molar-refractivity contribution in [3.8, 4) is 5.75 Å². The molecule has 2 nitrogen and oxygen atoms in total. The lowest BCUT2D eigenvalue weighted by molar-refractivity contribution is -0.131. The first-order valence-corrected chi connectivity index (χ1v) is 4.56. The van der Waals surface area contributed by atoms with Crippen LogP contribution < -0.4 is 10.1 Å². The van der Waals surface area contributed by atoms with Crippen LogP contribution in [0.4, 0.5) is 23.2 Å². The second kappa shape index (κ2) is 5.05. The zero-order valence-electron chi connectivity index (χ0n) is 8.57. The lowest BCUT2D eigenvalue weighted by Gasteiger charge is -2.10. The number of benzene rings is 1. The molecule has 1 rings (SSSR count). The van der Waals surface area contributed by atoms with Crippen LogP contribution in [-0.4, -0.2) is 19.8 Å². The van der Waals surface area contributed by atoms with Crippen molar-refractivity contribution in [3.05, 3.63) is 24.0 Å². The van der Waals surface area contributed by atoms with E-state index in [1.165, 1.54) is 19.2 Å². The van der Waals surface area contributed by atoms with Crippen LogP contribution >= 0.6 is 0 Å². The minimum atomic E-state index is -4.20. The first kappa shape index (κ1) is 12.6. The van der Waals surface area contributed by atoms with Crippen molar-refractivity contribution in [2.24, 2.45) is 0 Å². The minimum Gasteiger partial charge on any atom is -0.494 e. The number of hydrogen-bond acceptors (Lipinski definition) is 2. The van der Waals surface area contributed by atoms with E-state index in [1.807, 2.05) is 0 Å². The summed E-state index contributed by atoms with van der Waals surface area (Å²) in [5.74, 6) is -0.555. The van der Waals surface area contributed by atoms with Crippen molar-refractivity contribution in [3.63, 3.8) is 0 Å². The summed E-state index contributed by atoms with van der Waals surface area (Å²) in [6.45, 7) is -0.252. The van der Waals surface area contributed by atoms with Crippen LogP contribution in [0.5, 0.6) is 5.75 Å². The van der Waals surface area contributed by atoms with Gasteiger partial charge in [-0.1, -0.05) is 0 Å². The summed E-state index contributed by atoms with van der Waals surface area (Å²) >= 11 is 0. The number of methoxy groups -OCH3 is 1. The first-order chi connectivity index (χ1) is 7.42. The quantitative estimate of drug-likeness (QED) is 0.812. The van der Waals surface area contributed by atoms with Gasteiger partial charge in [0.1, 0.15) is 0 Å². The molecule has 1 aromatic carbocycles. The molecule has 0 unspecified atom stereocenters. The fourth-order valence-corrected chi connectivity index (χ4v) is 1.12. The second-order valence-corrected chi connectivity index (χ2v) is 3.14. The summed E-state index contributed by atoms with van der Waals surface area (Å²) in [5.41, 5.74) is 0.391. The van der Waals surface area contributed by atoms with Crippen LogP contribution in [0.25, 0.3) is 0 Å². The van der Waals surface area contributed by atoms with E-state index in [2.05, 4.69) is 5.32 Å². The monoisotopic (exact) mass is 237 g/mol. The highest BCUT2D eigenvalue weighted by Crippen LogP contribution is 2.23. The van der Waals surface area contributed by atoms with Gasteiger partial charge in [-0.05, 0) is 12.1 Å². The van der Waals surface area contributed by atoms with Crippen LogP contribution in [-0.2, 0) is 0 Å². The summed E-state index contributed by atoms with van der Waals surface area (Å²) in [5, 5.41) is 2.54. The first-order valence-electron chi connectivity index (χ1n) is 4.56. The number of rotatable bonds is 4. The minimum absolute atomic E-state index is 0.00277. The number of anilines is 1. The second-order valence-electron chi connectivity index (χ2n) is 3.14. The topological polar surface area (TPSA) is 21.3 Å². The maximum atomic E-state index is 12.9. The number of nitrogens with one attached hydrogen (secondary N) is 1. The Bertz CT molecular complexity index is 351. The highest BCUT2D eigenvalue weighted by Gasteiger charge is 2.26. The summed E-state index contributed by atoms with van der Waals surface area (Å²) in [4.78, 5) is 0. The Balaban J connectivity index is 2.55. The molecular weight excluding hydrogens is 226 g/mol. The Hall–Kier alpha value is -1.46. The van der Waals surface area contributed by atoms with Gasteiger partial charge in [-0.2, -0.15) is 13.2 Å². The molecule has 0 amide bonds. The molecule has 0 saturated heterocycles. The molecule has 0 bridgehead atoms. The normalized spacial score (nSPS) is 11.3. The molecule has 1 N–H and O–H groups in total. The zero-order valence-corrected chi connectivity index (χ0v) is 8.57. The summed E-state index contributed by atoms with van der Waals surface area (Å²) in [6.07, 6.45) is -5.14. The smallest absolute Gasteiger partial charge is 0.390 e. The molecule has 0 fully saturated rings. The molecule has 0 aliphatic rings. The molecule has 0 radical (unpaired) electrons. The average Bonchev–Trinajstić information content (AvgIpc) is 2.18. The fraction of sp³-hybridized carbons (Fsp3) is 0.400. The van der Waals surface area contributed by atoms with Crippen molar-refractivity contribution in [1.82, 2.24) is 0 Å². The molecule has 16 heavy (non-hydrogen) atoms. The SMILES string of the molecule is COc1cc(NCCC(F)(F)F)ccc1F. The third-order valence-electron chi connectivity index (χ3n) is 1.89. The van der Waals surface area contributed by atoms with E-state index in [0.717, 1.165) is 6.07 Å². The molecule has 0 heterocycles. The molecule has 1 aromatic rings. The van der Waals surface area contributed by atoms with Crippen molar-refractivity contribution in [2.45, 2.75) is 12.6 Å². The Morgan fingerprint density at radius 1 is 1.31 bits per heavy atom. The van der Waals surface area contributed by atoms with Gasteiger partial charge < -0.3 is 10.1 Å². The summed E-state index contributed by atoms with van der Waals surface area (Å²) in [6, 6.07) is 3.80. The molecule has 0 atom stereocenters. The van der Waals surface area contributed by atoms with Gasteiger partial charge in [-0.25, -0.2) is 4.39 Å². The largest absolute Gasteiger partial charge is 0.494 e. The molecule has 6 heteroatoms. The van der Waals surface area contributed by atoms with Crippen molar-refractivity contribution < 1.29 is 22.3 Å². The molecule has 0 aromatic heterocycles. The number of halogens is 4. The van der Waals surface area contributed by atoms with Crippen LogP contribution in [0, 0.1) is 5.82 Å². The van der Waals surface area contributed by atoms with Crippen LogP contribution in [0.1, 0.15) is 6.42 Å². The zero-order chi connectivity index (χ0) is 12.2. The van der Waals surface area contributed by atoms with Gasteiger partial charge in [0, 0.05) is 18.3 Å². The van der Waals surface area contributed by atoms with Gasteiger partial charge in [-0.3, -0.25) is 0 Å². The van der Waals surface area contributed by atoms with E-state index in [9.17, 15) is 17.6 Å². The van der Waals surface area contributed by atoms with E-state index in [-0.39, 0.29) is 12.3 Å². The van der Waals surface area contributed by atoms with Crippen LogP contribution in [0.15, 0.2) is 18.2 Å². The molecule has 90 valence electrons.